The lowest BCUT2D eigenvalue weighted by Crippen LogP contribution is -2.30. The van der Waals surface area contributed by atoms with Gasteiger partial charge < -0.3 is 20.9 Å². The van der Waals surface area contributed by atoms with E-state index in [0.29, 0.717) is 11.5 Å². The maximum Gasteiger partial charge on any atom is 0.258 e. The van der Waals surface area contributed by atoms with E-state index in [9.17, 15) is 4.79 Å². The zero-order chi connectivity index (χ0) is 14.4. The molecule has 0 bridgehead atoms. The standard InChI is InChI=1S/C14H22N2O3/c1-4-11(15)7-10-5-6-12(18-3)13(8-10)19-9(2)14(16)17/h5-6,8-9,11H,4,7,15H2,1-3H3,(H2,16,17). The van der Waals surface area contributed by atoms with Crippen molar-refractivity contribution in [3.63, 3.8) is 0 Å². The van der Waals surface area contributed by atoms with Gasteiger partial charge in [0.2, 0.25) is 0 Å². The molecule has 0 fully saturated rings. The second-order valence-corrected chi connectivity index (χ2v) is 4.52. The highest BCUT2D eigenvalue weighted by Gasteiger charge is 2.14. The van der Waals surface area contributed by atoms with Crippen LogP contribution in [0, 0.1) is 0 Å². The number of hydrogen-bond acceptors (Lipinski definition) is 4. The topological polar surface area (TPSA) is 87.6 Å². The van der Waals surface area contributed by atoms with Crippen LogP contribution in [0.25, 0.3) is 0 Å². The number of rotatable bonds is 7. The Hall–Kier alpha value is -1.75. The van der Waals surface area contributed by atoms with E-state index in [1.165, 1.54) is 0 Å². The van der Waals surface area contributed by atoms with Crippen LogP contribution in [0.5, 0.6) is 11.5 Å². The Labute approximate surface area is 113 Å². The van der Waals surface area contributed by atoms with Crippen molar-refractivity contribution < 1.29 is 14.3 Å². The first-order valence-corrected chi connectivity index (χ1v) is 6.36. The molecule has 0 saturated heterocycles. The number of carbonyl (C=O) groups excluding carboxylic acids is 1. The molecular formula is C14H22N2O3. The van der Waals surface area contributed by atoms with Gasteiger partial charge in [-0.2, -0.15) is 0 Å². The molecule has 1 aromatic rings. The fourth-order valence-electron chi connectivity index (χ4n) is 1.64. The van der Waals surface area contributed by atoms with E-state index in [1.54, 1.807) is 20.1 Å². The Kier molecular flexibility index (Phi) is 5.63. The third-order valence-corrected chi connectivity index (χ3v) is 2.95. The third kappa shape index (κ3) is 4.44. The fourth-order valence-corrected chi connectivity index (χ4v) is 1.64. The Morgan fingerprint density at radius 3 is 2.58 bits per heavy atom. The van der Waals surface area contributed by atoms with Crippen molar-refractivity contribution >= 4 is 5.91 Å². The van der Waals surface area contributed by atoms with Gasteiger partial charge >= 0.3 is 0 Å². The van der Waals surface area contributed by atoms with Gasteiger partial charge in [-0.25, -0.2) is 0 Å². The van der Waals surface area contributed by atoms with Gasteiger partial charge in [-0.1, -0.05) is 13.0 Å². The molecule has 0 aromatic heterocycles. The fraction of sp³-hybridized carbons (Fsp3) is 0.500. The van der Waals surface area contributed by atoms with Crippen LogP contribution >= 0.6 is 0 Å². The molecule has 5 heteroatoms. The van der Waals surface area contributed by atoms with Crippen molar-refractivity contribution in [1.29, 1.82) is 0 Å². The molecule has 5 nitrogen and oxygen atoms in total. The van der Waals surface area contributed by atoms with Gasteiger partial charge in [0.25, 0.3) is 5.91 Å². The molecule has 0 spiro atoms. The lowest BCUT2D eigenvalue weighted by molar-refractivity contribution is -0.124. The molecule has 0 heterocycles. The number of hydrogen-bond donors (Lipinski definition) is 2. The van der Waals surface area contributed by atoms with Gasteiger partial charge in [-0.05, 0) is 37.5 Å². The Morgan fingerprint density at radius 1 is 1.37 bits per heavy atom. The summed E-state index contributed by atoms with van der Waals surface area (Å²) in [5.74, 6) is 0.564. The molecule has 1 aromatic carbocycles. The van der Waals surface area contributed by atoms with Crippen LogP contribution in [0.15, 0.2) is 18.2 Å². The van der Waals surface area contributed by atoms with Gasteiger partial charge in [0.15, 0.2) is 17.6 Å². The van der Waals surface area contributed by atoms with Crippen molar-refractivity contribution in [2.75, 3.05) is 7.11 Å². The average Bonchev–Trinajstić information content (AvgIpc) is 2.38. The average molecular weight is 266 g/mol. The van der Waals surface area contributed by atoms with Gasteiger partial charge in [-0.3, -0.25) is 4.79 Å². The summed E-state index contributed by atoms with van der Waals surface area (Å²) >= 11 is 0. The molecule has 1 amide bonds. The van der Waals surface area contributed by atoms with Crippen molar-refractivity contribution in [2.45, 2.75) is 38.8 Å². The summed E-state index contributed by atoms with van der Waals surface area (Å²) in [5.41, 5.74) is 12.2. The number of benzene rings is 1. The minimum absolute atomic E-state index is 0.106. The number of primary amides is 1. The Balaban J connectivity index is 2.92. The molecule has 2 atom stereocenters. The number of amides is 1. The van der Waals surface area contributed by atoms with Crippen LogP contribution in [0.2, 0.25) is 0 Å². The summed E-state index contributed by atoms with van der Waals surface area (Å²) in [7, 11) is 1.55. The summed E-state index contributed by atoms with van der Waals surface area (Å²) in [6, 6.07) is 5.69. The summed E-state index contributed by atoms with van der Waals surface area (Å²) in [4.78, 5) is 11.0. The number of carbonyl (C=O) groups is 1. The minimum Gasteiger partial charge on any atom is -0.493 e. The summed E-state index contributed by atoms with van der Waals surface area (Å²) in [6.45, 7) is 3.65. The Bertz CT molecular complexity index is 435. The molecule has 4 N–H and O–H groups in total. The predicted molar refractivity (Wildman–Crippen MR) is 74.2 cm³/mol. The maximum absolute atomic E-state index is 11.0. The number of methoxy groups -OCH3 is 1. The molecule has 0 radical (unpaired) electrons. The zero-order valence-electron chi connectivity index (χ0n) is 11.7. The van der Waals surface area contributed by atoms with E-state index in [4.69, 9.17) is 20.9 Å². The second-order valence-electron chi connectivity index (χ2n) is 4.52. The maximum atomic E-state index is 11.0. The van der Waals surface area contributed by atoms with Crippen LogP contribution in [0.3, 0.4) is 0 Å². The molecule has 0 saturated carbocycles. The van der Waals surface area contributed by atoms with Gasteiger partial charge in [0, 0.05) is 6.04 Å². The lowest BCUT2D eigenvalue weighted by Gasteiger charge is -2.16. The SMILES string of the molecule is CCC(N)Cc1ccc(OC)c(OC(C)C(N)=O)c1. The molecule has 106 valence electrons. The summed E-state index contributed by atoms with van der Waals surface area (Å²) in [6.07, 6.45) is 0.950. The van der Waals surface area contributed by atoms with Crippen LogP contribution < -0.4 is 20.9 Å². The number of nitrogens with two attached hydrogens (primary N) is 2. The molecule has 19 heavy (non-hydrogen) atoms. The minimum atomic E-state index is -0.705. The van der Waals surface area contributed by atoms with Crippen LogP contribution in [-0.4, -0.2) is 25.2 Å². The van der Waals surface area contributed by atoms with Gasteiger partial charge in [0.1, 0.15) is 0 Å². The molecule has 2 unspecified atom stereocenters. The van der Waals surface area contributed by atoms with Crippen molar-refractivity contribution in [3.8, 4) is 11.5 Å². The largest absolute Gasteiger partial charge is 0.493 e. The zero-order valence-corrected chi connectivity index (χ0v) is 11.7. The summed E-state index contributed by atoms with van der Waals surface area (Å²) < 4.78 is 10.7. The third-order valence-electron chi connectivity index (χ3n) is 2.95. The normalized spacial score (nSPS) is 13.7. The van der Waals surface area contributed by atoms with Crippen molar-refractivity contribution in [3.05, 3.63) is 23.8 Å². The first-order valence-electron chi connectivity index (χ1n) is 6.36. The van der Waals surface area contributed by atoms with Crippen molar-refractivity contribution in [1.82, 2.24) is 0 Å². The van der Waals surface area contributed by atoms with E-state index in [-0.39, 0.29) is 6.04 Å². The lowest BCUT2D eigenvalue weighted by atomic mass is 10.0. The van der Waals surface area contributed by atoms with E-state index in [1.807, 2.05) is 19.1 Å². The van der Waals surface area contributed by atoms with Gasteiger partial charge in [0.05, 0.1) is 7.11 Å². The van der Waals surface area contributed by atoms with Crippen LogP contribution in [0.4, 0.5) is 0 Å². The molecule has 0 aliphatic heterocycles. The summed E-state index contributed by atoms with van der Waals surface area (Å²) in [5, 5.41) is 0. The first kappa shape index (κ1) is 15.3. The highest BCUT2D eigenvalue weighted by Crippen LogP contribution is 2.29. The van der Waals surface area contributed by atoms with E-state index in [0.717, 1.165) is 18.4 Å². The molecule has 1 rings (SSSR count). The highest BCUT2D eigenvalue weighted by molar-refractivity contribution is 5.78. The highest BCUT2D eigenvalue weighted by atomic mass is 16.5. The smallest absolute Gasteiger partial charge is 0.258 e. The Morgan fingerprint density at radius 2 is 2.05 bits per heavy atom. The quantitative estimate of drug-likeness (QED) is 0.777. The van der Waals surface area contributed by atoms with Crippen LogP contribution in [0.1, 0.15) is 25.8 Å². The molecular weight excluding hydrogens is 244 g/mol. The predicted octanol–water partition coefficient (Wildman–Crippen LogP) is 1.23. The molecule has 0 aliphatic carbocycles. The molecule has 0 aliphatic rings. The van der Waals surface area contributed by atoms with E-state index in [2.05, 4.69) is 0 Å². The van der Waals surface area contributed by atoms with Crippen molar-refractivity contribution in [2.24, 2.45) is 11.5 Å². The monoisotopic (exact) mass is 266 g/mol. The van der Waals surface area contributed by atoms with E-state index >= 15 is 0 Å². The van der Waals surface area contributed by atoms with E-state index < -0.39 is 12.0 Å². The van der Waals surface area contributed by atoms with Gasteiger partial charge in [-0.15, -0.1) is 0 Å². The number of ether oxygens (including phenoxy) is 2. The van der Waals surface area contributed by atoms with Crippen LogP contribution in [-0.2, 0) is 11.2 Å². The first-order chi connectivity index (χ1) is 8.97. The second kappa shape index (κ2) is 6.99.